The first-order valence-corrected chi connectivity index (χ1v) is 5.62. The van der Waals surface area contributed by atoms with Gasteiger partial charge in [-0.2, -0.15) is 0 Å². The van der Waals surface area contributed by atoms with Crippen molar-refractivity contribution in [3.05, 3.63) is 34.2 Å². The summed E-state index contributed by atoms with van der Waals surface area (Å²) in [7, 11) is 3.14. The van der Waals surface area contributed by atoms with Crippen molar-refractivity contribution in [1.82, 2.24) is 15.2 Å². The van der Waals surface area contributed by atoms with Crippen LogP contribution in [-0.2, 0) is 4.79 Å². The fourth-order valence-corrected chi connectivity index (χ4v) is 1.60. The monoisotopic (exact) mass is 251 g/mol. The molecule has 1 aromatic heterocycles. The molecule has 0 saturated carbocycles. The third kappa shape index (κ3) is 3.44. The lowest BCUT2D eigenvalue weighted by atomic mass is 10.1. The molecule has 0 aliphatic heterocycles. The van der Waals surface area contributed by atoms with Crippen LogP contribution in [0.3, 0.4) is 0 Å². The molecule has 0 aliphatic carbocycles. The predicted octanol–water partition coefficient (Wildman–Crippen LogP) is -0.171. The van der Waals surface area contributed by atoms with Gasteiger partial charge in [0.15, 0.2) is 0 Å². The third-order valence-corrected chi connectivity index (χ3v) is 2.59. The maximum Gasteiger partial charge on any atom is 0.270 e. The van der Waals surface area contributed by atoms with Crippen LogP contribution in [-0.4, -0.2) is 42.3 Å². The molecule has 6 nitrogen and oxygen atoms in total. The van der Waals surface area contributed by atoms with Gasteiger partial charge in [0.2, 0.25) is 11.5 Å². The summed E-state index contributed by atoms with van der Waals surface area (Å²) in [5, 5.41) is 2.52. The van der Waals surface area contributed by atoms with E-state index in [0.717, 1.165) is 0 Å². The zero-order valence-electron chi connectivity index (χ0n) is 10.7. The number of amides is 2. The molecule has 0 bridgehead atoms. The molecular formula is C12H17N3O3. The summed E-state index contributed by atoms with van der Waals surface area (Å²) in [6, 6.07) is 4.39. The smallest absolute Gasteiger partial charge is 0.270 e. The Balaban J connectivity index is 2.73. The van der Waals surface area contributed by atoms with Crippen molar-refractivity contribution >= 4 is 11.8 Å². The molecule has 0 spiro atoms. The molecule has 2 amide bonds. The fourth-order valence-electron chi connectivity index (χ4n) is 1.60. The first-order valence-electron chi connectivity index (χ1n) is 5.62. The summed E-state index contributed by atoms with van der Waals surface area (Å²) in [6.45, 7) is 2.02. The van der Waals surface area contributed by atoms with Crippen LogP contribution < -0.4 is 10.9 Å². The SMILES string of the molecule is CNC(=O)C(C)CN(C)C(=O)c1cccc(=O)[nH]1. The lowest BCUT2D eigenvalue weighted by Gasteiger charge is -2.20. The number of hydrogen-bond acceptors (Lipinski definition) is 3. The van der Waals surface area contributed by atoms with E-state index in [4.69, 9.17) is 0 Å². The number of carbonyl (C=O) groups excluding carboxylic acids is 2. The van der Waals surface area contributed by atoms with E-state index in [-0.39, 0.29) is 35.5 Å². The van der Waals surface area contributed by atoms with Crippen molar-refractivity contribution in [3.63, 3.8) is 0 Å². The standard InChI is InChI=1S/C12H17N3O3/c1-8(11(17)13-2)7-15(3)12(18)9-5-4-6-10(16)14-9/h4-6,8H,7H2,1-3H3,(H,13,17)(H,14,16). The first kappa shape index (κ1) is 14.0. The molecule has 0 aliphatic rings. The lowest BCUT2D eigenvalue weighted by Crippen LogP contribution is -2.38. The number of rotatable bonds is 4. The fraction of sp³-hybridized carbons (Fsp3) is 0.417. The van der Waals surface area contributed by atoms with Gasteiger partial charge in [-0.05, 0) is 6.07 Å². The van der Waals surface area contributed by atoms with E-state index < -0.39 is 0 Å². The Hall–Kier alpha value is -2.11. The highest BCUT2D eigenvalue weighted by Crippen LogP contribution is 2.02. The van der Waals surface area contributed by atoms with Gasteiger partial charge in [-0.1, -0.05) is 13.0 Å². The summed E-state index contributed by atoms with van der Waals surface area (Å²) in [6.07, 6.45) is 0. The Labute approximate surface area is 105 Å². The molecule has 0 radical (unpaired) electrons. The average molecular weight is 251 g/mol. The van der Waals surface area contributed by atoms with Crippen LogP contribution in [0.2, 0.25) is 0 Å². The summed E-state index contributed by atoms with van der Waals surface area (Å²) >= 11 is 0. The van der Waals surface area contributed by atoms with Gasteiger partial charge >= 0.3 is 0 Å². The highest BCUT2D eigenvalue weighted by atomic mass is 16.2. The highest BCUT2D eigenvalue weighted by molar-refractivity contribution is 5.92. The highest BCUT2D eigenvalue weighted by Gasteiger charge is 2.18. The minimum atomic E-state index is -0.325. The van der Waals surface area contributed by atoms with Crippen molar-refractivity contribution in [2.75, 3.05) is 20.6 Å². The molecule has 0 aromatic carbocycles. The number of pyridine rings is 1. The zero-order chi connectivity index (χ0) is 13.7. The number of carbonyl (C=O) groups is 2. The van der Waals surface area contributed by atoms with E-state index in [1.54, 1.807) is 21.0 Å². The Morgan fingerprint density at radius 3 is 2.67 bits per heavy atom. The third-order valence-electron chi connectivity index (χ3n) is 2.59. The molecule has 98 valence electrons. The summed E-state index contributed by atoms with van der Waals surface area (Å²) in [4.78, 5) is 38.3. The van der Waals surface area contributed by atoms with Gasteiger partial charge in [0.25, 0.3) is 5.91 Å². The lowest BCUT2D eigenvalue weighted by molar-refractivity contribution is -0.124. The van der Waals surface area contributed by atoms with Crippen LogP contribution in [0.4, 0.5) is 0 Å². The zero-order valence-corrected chi connectivity index (χ0v) is 10.7. The molecule has 1 rings (SSSR count). The van der Waals surface area contributed by atoms with Crippen molar-refractivity contribution in [1.29, 1.82) is 0 Å². The second kappa shape index (κ2) is 6.00. The van der Waals surface area contributed by atoms with Crippen molar-refractivity contribution in [3.8, 4) is 0 Å². The predicted molar refractivity (Wildman–Crippen MR) is 67.3 cm³/mol. The first-order chi connectivity index (χ1) is 8.45. The van der Waals surface area contributed by atoms with Crippen LogP contribution in [0.1, 0.15) is 17.4 Å². The van der Waals surface area contributed by atoms with Crippen molar-refractivity contribution in [2.45, 2.75) is 6.92 Å². The molecule has 18 heavy (non-hydrogen) atoms. The van der Waals surface area contributed by atoms with Crippen LogP contribution in [0.5, 0.6) is 0 Å². The topological polar surface area (TPSA) is 82.3 Å². The minimum absolute atomic E-state index is 0.129. The Morgan fingerprint density at radius 2 is 2.11 bits per heavy atom. The van der Waals surface area contributed by atoms with Gasteiger partial charge in [-0.25, -0.2) is 0 Å². The average Bonchev–Trinajstić information content (AvgIpc) is 2.36. The maximum absolute atomic E-state index is 12.0. The number of nitrogens with one attached hydrogen (secondary N) is 2. The van der Waals surface area contributed by atoms with Gasteiger partial charge < -0.3 is 15.2 Å². The van der Waals surface area contributed by atoms with Crippen molar-refractivity contribution < 1.29 is 9.59 Å². The normalized spacial score (nSPS) is 11.7. The van der Waals surface area contributed by atoms with Crippen LogP contribution in [0.15, 0.2) is 23.0 Å². The number of hydrogen-bond donors (Lipinski definition) is 2. The Kier molecular flexibility index (Phi) is 4.65. The second-order valence-corrected chi connectivity index (χ2v) is 4.13. The van der Waals surface area contributed by atoms with Gasteiger partial charge in [-0.3, -0.25) is 14.4 Å². The largest absolute Gasteiger partial charge is 0.359 e. The van der Waals surface area contributed by atoms with Crippen LogP contribution in [0, 0.1) is 5.92 Å². The molecule has 1 unspecified atom stereocenters. The molecule has 6 heteroatoms. The van der Waals surface area contributed by atoms with E-state index in [9.17, 15) is 14.4 Å². The van der Waals surface area contributed by atoms with Gasteiger partial charge in [-0.15, -0.1) is 0 Å². The van der Waals surface area contributed by atoms with E-state index in [1.807, 2.05) is 0 Å². The van der Waals surface area contributed by atoms with Gasteiger partial charge in [0, 0.05) is 26.7 Å². The van der Waals surface area contributed by atoms with Crippen LogP contribution >= 0.6 is 0 Å². The van der Waals surface area contributed by atoms with E-state index in [1.165, 1.54) is 23.1 Å². The quantitative estimate of drug-likeness (QED) is 0.779. The summed E-state index contributed by atoms with van der Waals surface area (Å²) in [5.74, 6) is -0.751. The van der Waals surface area contributed by atoms with E-state index >= 15 is 0 Å². The van der Waals surface area contributed by atoms with Crippen LogP contribution in [0.25, 0.3) is 0 Å². The number of nitrogens with zero attached hydrogens (tertiary/aromatic N) is 1. The molecule has 0 fully saturated rings. The van der Waals surface area contributed by atoms with Crippen molar-refractivity contribution in [2.24, 2.45) is 5.92 Å². The number of aromatic amines is 1. The second-order valence-electron chi connectivity index (χ2n) is 4.13. The van der Waals surface area contributed by atoms with Gasteiger partial charge in [0.05, 0.1) is 5.92 Å². The van der Waals surface area contributed by atoms with Gasteiger partial charge in [0.1, 0.15) is 5.69 Å². The van der Waals surface area contributed by atoms with E-state index in [0.29, 0.717) is 0 Å². The molecule has 1 aromatic rings. The summed E-state index contributed by atoms with van der Waals surface area (Å²) in [5.41, 5.74) is -0.109. The Morgan fingerprint density at radius 1 is 1.44 bits per heavy atom. The number of H-pyrrole nitrogens is 1. The number of aromatic nitrogens is 1. The van der Waals surface area contributed by atoms with E-state index in [2.05, 4.69) is 10.3 Å². The molecule has 0 saturated heterocycles. The molecule has 2 N–H and O–H groups in total. The molecule has 1 heterocycles. The molecule has 1 atom stereocenters. The minimum Gasteiger partial charge on any atom is -0.359 e. The molecular weight excluding hydrogens is 234 g/mol. The summed E-state index contributed by atoms with van der Waals surface area (Å²) < 4.78 is 0. The maximum atomic E-state index is 12.0. The Bertz CT molecular complexity index is 495.